The molecule has 0 fully saturated rings. The van der Waals surface area contributed by atoms with Crippen LogP contribution in [0.2, 0.25) is 0 Å². The monoisotopic (exact) mass is 1610 g/mol. The molecule has 592 valence electrons. The van der Waals surface area contributed by atoms with Crippen molar-refractivity contribution in [2.24, 2.45) is 0 Å². The van der Waals surface area contributed by atoms with Crippen molar-refractivity contribution < 1.29 is 0 Å². The highest BCUT2D eigenvalue weighted by atomic mass is 15.1. The molecule has 0 saturated heterocycles. The van der Waals surface area contributed by atoms with Gasteiger partial charge in [-0.15, -0.1) is 0 Å². The summed E-state index contributed by atoms with van der Waals surface area (Å²) in [5, 5.41) is 9.73. The van der Waals surface area contributed by atoms with E-state index in [0.717, 1.165) is 73.5 Å². The Balaban J connectivity index is 0.000000145. The molecule has 24 rings (SSSR count). The minimum absolute atomic E-state index is 1.10. The summed E-state index contributed by atoms with van der Waals surface area (Å²) in [6.45, 7) is 0. The Kier molecular flexibility index (Phi) is 18.8. The number of fused-ring (bicyclic) bond motifs is 14. The average molecular weight is 1610 g/mol. The summed E-state index contributed by atoms with van der Waals surface area (Å²) in [5.41, 5.74) is 34.8. The van der Waals surface area contributed by atoms with Gasteiger partial charge in [-0.3, -0.25) is 0 Å². The third-order valence-electron chi connectivity index (χ3n) is 25.0. The zero-order valence-electron chi connectivity index (χ0n) is 69.0. The number of para-hydroxylation sites is 8. The third kappa shape index (κ3) is 13.2. The summed E-state index contributed by atoms with van der Waals surface area (Å²) < 4.78 is 10.0. The lowest BCUT2D eigenvalue weighted by Gasteiger charge is -2.25. The SMILES string of the molecule is c1ccc(-c2ccc(-n3c4ccccc4c4cc(-c5ccc(N(c6ccccc6)c6ccccc6)cc5)c5c6ccccc6n(-c6ccc(-c7ccccc7)cc6)c5c43)cc2)cc1.c1ccc(-c2cccc(-n3c4ccccc4c4cc(-c5ccc(N(c6ccccc6)c6ccccc6)cc5)c5c6ccccc6n(-c6cccc(-c7ccccc7)c6)c5c43)c2)cc1. The van der Waals surface area contributed by atoms with Gasteiger partial charge in [-0.25, -0.2) is 0 Å². The van der Waals surface area contributed by atoms with Crippen LogP contribution in [0.15, 0.2) is 497 Å². The number of hydrogen-bond donors (Lipinski definition) is 0. The first-order valence-corrected chi connectivity index (χ1v) is 43.2. The van der Waals surface area contributed by atoms with Crippen LogP contribution in [-0.4, -0.2) is 18.3 Å². The molecule has 24 aromatic rings. The molecule has 20 aromatic carbocycles. The van der Waals surface area contributed by atoms with Crippen molar-refractivity contribution in [2.45, 2.75) is 0 Å². The van der Waals surface area contributed by atoms with Gasteiger partial charge in [0.05, 0.1) is 44.1 Å². The van der Waals surface area contributed by atoms with E-state index in [9.17, 15) is 0 Å². The van der Waals surface area contributed by atoms with E-state index < -0.39 is 0 Å². The fraction of sp³-hybridized carbons (Fsp3) is 0. The van der Waals surface area contributed by atoms with Gasteiger partial charge in [0.1, 0.15) is 0 Å². The maximum Gasteiger partial charge on any atom is 0.0795 e. The predicted octanol–water partition coefficient (Wildman–Crippen LogP) is 32.7. The van der Waals surface area contributed by atoms with Crippen molar-refractivity contribution in [1.82, 2.24) is 18.3 Å². The number of hydrogen-bond acceptors (Lipinski definition) is 2. The summed E-state index contributed by atoms with van der Waals surface area (Å²) in [6, 6.07) is 180. The number of benzene rings is 20. The minimum Gasteiger partial charge on any atom is -0.311 e. The van der Waals surface area contributed by atoms with Gasteiger partial charge in [0.25, 0.3) is 0 Å². The van der Waals surface area contributed by atoms with Crippen molar-refractivity contribution in [1.29, 1.82) is 0 Å². The number of rotatable bonds is 16. The zero-order chi connectivity index (χ0) is 83.4. The third-order valence-corrected chi connectivity index (χ3v) is 25.0. The Morgan fingerprint density at radius 2 is 0.365 bits per heavy atom. The molecule has 4 heterocycles. The summed E-state index contributed by atoms with van der Waals surface area (Å²) in [5.74, 6) is 0. The molecule has 6 nitrogen and oxygen atoms in total. The molecule has 0 amide bonds. The summed E-state index contributed by atoms with van der Waals surface area (Å²) in [4.78, 5) is 4.65. The van der Waals surface area contributed by atoms with E-state index in [1.165, 1.54) is 137 Å². The van der Waals surface area contributed by atoms with Gasteiger partial charge in [-0.1, -0.05) is 340 Å². The normalized spacial score (nSPS) is 11.5. The number of aromatic nitrogens is 4. The predicted molar refractivity (Wildman–Crippen MR) is 532 cm³/mol. The maximum atomic E-state index is 2.51. The van der Waals surface area contributed by atoms with E-state index in [0.29, 0.717) is 0 Å². The van der Waals surface area contributed by atoms with E-state index >= 15 is 0 Å². The zero-order valence-corrected chi connectivity index (χ0v) is 69.0. The molecule has 126 heavy (non-hydrogen) atoms. The molecule has 4 aromatic heterocycles. The second-order valence-electron chi connectivity index (χ2n) is 32.3. The summed E-state index contributed by atoms with van der Waals surface area (Å²) in [6.07, 6.45) is 0. The van der Waals surface area contributed by atoms with E-state index in [1.807, 2.05) is 0 Å². The smallest absolute Gasteiger partial charge is 0.0795 e. The van der Waals surface area contributed by atoms with Crippen LogP contribution in [0.4, 0.5) is 34.1 Å². The average Bonchev–Trinajstić information content (AvgIpc) is 1.54. The molecule has 0 saturated carbocycles. The molecule has 6 heteroatoms. The highest BCUT2D eigenvalue weighted by Crippen LogP contribution is 2.51. The van der Waals surface area contributed by atoms with Gasteiger partial charge in [0, 0.05) is 100.0 Å². The maximum absolute atomic E-state index is 2.51. The Morgan fingerprint density at radius 3 is 0.698 bits per heavy atom. The Labute approximate surface area is 731 Å². The molecule has 0 spiro atoms. The lowest BCUT2D eigenvalue weighted by molar-refractivity contribution is 1.15. The molecule has 0 aliphatic rings. The van der Waals surface area contributed by atoms with Crippen molar-refractivity contribution >= 4 is 121 Å². The van der Waals surface area contributed by atoms with Crippen LogP contribution in [0.25, 0.3) is 177 Å². The molecule has 0 aliphatic heterocycles. The molecule has 0 N–H and O–H groups in total. The van der Waals surface area contributed by atoms with E-state index in [2.05, 4.69) is 526 Å². The molecule has 0 atom stereocenters. The second-order valence-corrected chi connectivity index (χ2v) is 32.3. The Hall–Kier alpha value is -16.8. The Morgan fingerprint density at radius 1 is 0.135 bits per heavy atom. The first kappa shape index (κ1) is 74.3. The first-order chi connectivity index (χ1) is 62.6. The molecule has 0 unspecified atom stereocenters. The van der Waals surface area contributed by atoms with Crippen LogP contribution >= 0.6 is 0 Å². The van der Waals surface area contributed by atoms with Crippen LogP contribution in [0, 0.1) is 0 Å². The largest absolute Gasteiger partial charge is 0.311 e. The van der Waals surface area contributed by atoms with Crippen LogP contribution in [0.3, 0.4) is 0 Å². The van der Waals surface area contributed by atoms with Gasteiger partial charge in [0.2, 0.25) is 0 Å². The Bertz CT molecular complexity index is 8030. The van der Waals surface area contributed by atoms with Crippen molar-refractivity contribution in [3.63, 3.8) is 0 Å². The summed E-state index contributed by atoms with van der Waals surface area (Å²) >= 11 is 0. The van der Waals surface area contributed by atoms with Crippen LogP contribution in [0.5, 0.6) is 0 Å². The van der Waals surface area contributed by atoms with E-state index in [-0.39, 0.29) is 0 Å². The first-order valence-electron chi connectivity index (χ1n) is 43.2. The number of nitrogens with zero attached hydrogens (tertiary/aromatic N) is 6. The van der Waals surface area contributed by atoms with Gasteiger partial charge in [-0.2, -0.15) is 0 Å². The van der Waals surface area contributed by atoms with E-state index in [1.54, 1.807) is 0 Å². The van der Waals surface area contributed by atoms with Crippen molar-refractivity contribution in [3.8, 4) is 89.5 Å². The number of anilines is 6. The highest BCUT2D eigenvalue weighted by molar-refractivity contribution is 6.30. The van der Waals surface area contributed by atoms with Gasteiger partial charge in [-0.05, 0) is 224 Å². The standard InChI is InChI=1S/2C60H41N3/c1-5-19-42(20-6-1)45-23-17-29-50(39-45)62-56-33-15-13-31-52(56)55-41-54(44-35-37-49(38-36-44)61(47-25-9-3-10-26-47)48-27-11-4-12-28-48)58-53-32-14-16-34-57(53)63(60(58)59(55)62)51-30-18-24-46(40-51)43-21-7-2-8-22-43;1-5-17-42(18-6-1)44-29-35-50(36-30-44)62-56-27-15-13-25-52(56)55-41-54(46-33-39-49(40-34-46)61(47-21-9-3-10-22-47)48-23-11-4-12-24-48)58-53-26-14-16-28-57(53)63(60(58)59(55)62)51-37-31-45(32-38-51)43-19-7-2-8-20-43/h2*1-41H. The molecule has 0 radical (unpaired) electrons. The van der Waals surface area contributed by atoms with Gasteiger partial charge >= 0.3 is 0 Å². The van der Waals surface area contributed by atoms with Crippen molar-refractivity contribution in [3.05, 3.63) is 497 Å². The second kappa shape index (κ2) is 32.0. The van der Waals surface area contributed by atoms with Crippen molar-refractivity contribution in [2.75, 3.05) is 9.80 Å². The molecule has 0 bridgehead atoms. The fourth-order valence-corrected chi connectivity index (χ4v) is 19.3. The lowest BCUT2D eigenvalue weighted by atomic mass is 9.96. The van der Waals surface area contributed by atoms with Crippen LogP contribution in [0.1, 0.15) is 0 Å². The molecule has 0 aliphatic carbocycles. The van der Waals surface area contributed by atoms with Gasteiger partial charge < -0.3 is 28.1 Å². The highest BCUT2D eigenvalue weighted by Gasteiger charge is 2.29. The molecular weight excluding hydrogens is 1530 g/mol. The van der Waals surface area contributed by atoms with Crippen LogP contribution in [-0.2, 0) is 0 Å². The topological polar surface area (TPSA) is 26.2 Å². The van der Waals surface area contributed by atoms with Gasteiger partial charge in [0.15, 0.2) is 0 Å². The van der Waals surface area contributed by atoms with E-state index in [4.69, 9.17) is 0 Å². The quantitative estimate of drug-likeness (QED) is 0.0964. The molecular formula is C120H82N6. The lowest BCUT2D eigenvalue weighted by Crippen LogP contribution is -2.09. The minimum atomic E-state index is 1.10. The van der Waals surface area contributed by atoms with Crippen LogP contribution < -0.4 is 9.80 Å². The summed E-state index contributed by atoms with van der Waals surface area (Å²) in [7, 11) is 0. The fourth-order valence-electron chi connectivity index (χ4n) is 19.3.